The van der Waals surface area contributed by atoms with Gasteiger partial charge >= 0.3 is 0 Å². The van der Waals surface area contributed by atoms with Crippen LogP contribution in [0, 0.1) is 0 Å². The first-order valence-corrected chi connectivity index (χ1v) is 8.93. The van der Waals surface area contributed by atoms with Crippen molar-refractivity contribution in [2.45, 2.75) is 18.4 Å². The third-order valence-corrected chi connectivity index (χ3v) is 5.54. The number of benzene rings is 2. The van der Waals surface area contributed by atoms with E-state index in [1.165, 1.54) is 16.7 Å². The molecule has 21 heavy (non-hydrogen) atoms. The molecular formula is C17H18BrNOS. The van der Waals surface area contributed by atoms with E-state index in [2.05, 4.69) is 63.7 Å². The second-order valence-electron chi connectivity index (χ2n) is 5.11. The van der Waals surface area contributed by atoms with Crippen LogP contribution in [-0.2, 0) is 17.1 Å². The number of rotatable bonds is 4. The molecule has 0 saturated heterocycles. The van der Waals surface area contributed by atoms with Gasteiger partial charge in [0, 0.05) is 34.3 Å². The lowest BCUT2D eigenvalue weighted by molar-refractivity contribution is 0.185. The maximum atomic E-state index is 5.33. The molecule has 2 aromatic carbocycles. The summed E-state index contributed by atoms with van der Waals surface area (Å²) >= 11 is 5.60. The topological polar surface area (TPSA) is 21.3 Å². The minimum atomic E-state index is 0.352. The zero-order valence-electron chi connectivity index (χ0n) is 11.9. The number of thioether (sulfide) groups is 1. The summed E-state index contributed by atoms with van der Waals surface area (Å²) < 4.78 is 6.42. The summed E-state index contributed by atoms with van der Waals surface area (Å²) in [7, 11) is 1.73. The highest BCUT2D eigenvalue weighted by atomic mass is 79.9. The summed E-state index contributed by atoms with van der Waals surface area (Å²) in [4.78, 5) is 0. The molecule has 0 radical (unpaired) electrons. The molecule has 2 aromatic rings. The summed E-state index contributed by atoms with van der Waals surface area (Å²) in [5, 5.41) is 3.70. The van der Waals surface area contributed by atoms with Crippen LogP contribution in [0.3, 0.4) is 0 Å². The van der Waals surface area contributed by atoms with Crippen molar-refractivity contribution in [1.29, 1.82) is 0 Å². The molecular weight excluding hydrogens is 346 g/mol. The molecule has 1 unspecified atom stereocenters. The molecule has 0 spiro atoms. The molecule has 1 aliphatic heterocycles. The first-order chi connectivity index (χ1) is 10.3. The van der Waals surface area contributed by atoms with Crippen molar-refractivity contribution in [3.8, 4) is 0 Å². The van der Waals surface area contributed by atoms with Crippen LogP contribution in [-0.4, -0.2) is 12.9 Å². The standard InChI is InChI=1S/C17H18BrNOS/c1-20-9-14-15(18)7-4-8-16(14)19-17-11-21-10-12-5-2-3-6-13(12)17/h2-8,17,19H,9-11H2,1H3. The summed E-state index contributed by atoms with van der Waals surface area (Å²) in [6.45, 7) is 0.602. The molecule has 1 N–H and O–H groups in total. The van der Waals surface area contributed by atoms with Crippen LogP contribution in [0.4, 0.5) is 5.69 Å². The van der Waals surface area contributed by atoms with Crippen molar-refractivity contribution < 1.29 is 4.74 Å². The van der Waals surface area contributed by atoms with E-state index in [-0.39, 0.29) is 0 Å². The predicted octanol–water partition coefficient (Wildman–Crippen LogP) is 5.00. The molecule has 0 saturated carbocycles. The van der Waals surface area contributed by atoms with Gasteiger partial charge in [-0.3, -0.25) is 0 Å². The quantitative estimate of drug-likeness (QED) is 0.825. The second kappa shape index (κ2) is 6.86. The Morgan fingerprint density at radius 2 is 2.10 bits per heavy atom. The van der Waals surface area contributed by atoms with Crippen LogP contribution < -0.4 is 5.32 Å². The fraction of sp³-hybridized carbons (Fsp3) is 0.294. The summed E-state index contributed by atoms with van der Waals surface area (Å²) in [6, 6.07) is 15.3. The van der Waals surface area contributed by atoms with Crippen molar-refractivity contribution in [3.63, 3.8) is 0 Å². The van der Waals surface area contributed by atoms with Crippen molar-refractivity contribution in [2.24, 2.45) is 0 Å². The Morgan fingerprint density at radius 1 is 1.24 bits per heavy atom. The average Bonchev–Trinajstić information content (AvgIpc) is 2.51. The van der Waals surface area contributed by atoms with E-state index < -0.39 is 0 Å². The summed E-state index contributed by atoms with van der Waals surface area (Å²) in [5.41, 5.74) is 5.18. The first-order valence-electron chi connectivity index (χ1n) is 6.98. The normalized spacial score (nSPS) is 17.3. The molecule has 0 amide bonds. The fourth-order valence-corrected chi connectivity index (χ4v) is 4.25. The van der Waals surface area contributed by atoms with E-state index in [9.17, 15) is 0 Å². The molecule has 3 rings (SSSR count). The highest BCUT2D eigenvalue weighted by Crippen LogP contribution is 2.35. The minimum absolute atomic E-state index is 0.352. The van der Waals surface area contributed by atoms with Gasteiger partial charge in [-0.1, -0.05) is 46.3 Å². The van der Waals surface area contributed by atoms with Gasteiger partial charge in [0.1, 0.15) is 0 Å². The Morgan fingerprint density at radius 3 is 2.95 bits per heavy atom. The van der Waals surface area contributed by atoms with Gasteiger partial charge < -0.3 is 10.1 Å². The SMILES string of the molecule is COCc1c(Br)cccc1NC1CSCc2ccccc21. The second-order valence-corrected chi connectivity index (χ2v) is 6.99. The average molecular weight is 364 g/mol. The lowest BCUT2D eigenvalue weighted by Crippen LogP contribution is -2.19. The largest absolute Gasteiger partial charge is 0.380 e. The number of ether oxygens (including phenoxy) is 1. The van der Waals surface area contributed by atoms with Crippen molar-refractivity contribution >= 4 is 33.4 Å². The first kappa shape index (κ1) is 14.9. The molecule has 1 atom stereocenters. The number of hydrogen-bond donors (Lipinski definition) is 1. The third kappa shape index (κ3) is 3.28. The van der Waals surface area contributed by atoms with Gasteiger partial charge in [-0.25, -0.2) is 0 Å². The fourth-order valence-electron chi connectivity index (χ4n) is 2.67. The van der Waals surface area contributed by atoms with Crippen molar-refractivity contribution in [1.82, 2.24) is 0 Å². The van der Waals surface area contributed by atoms with Crippen LogP contribution >= 0.6 is 27.7 Å². The molecule has 0 bridgehead atoms. The van der Waals surface area contributed by atoms with Crippen LogP contribution in [0.2, 0.25) is 0 Å². The smallest absolute Gasteiger partial charge is 0.0744 e. The number of fused-ring (bicyclic) bond motifs is 1. The van der Waals surface area contributed by atoms with Gasteiger partial charge in [0.05, 0.1) is 12.6 Å². The molecule has 0 aliphatic carbocycles. The van der Waals surface area contributed by atoms with Gasteiger partial charge in [0.15, 0.2) is 0 Å². The van der Waals surface area contributed by atoms with Crippen molar-refractivity contribution in [3.05, 3.63) is 63.6 Å². The van der Waals surface area contributed by atoms with Crippen LogP contribution in [0.25, 0.3) is 0 Å². The van der Waals surface area contributed by atoms with Gasteiger partial charge in [-0.05, 0) is 23.3 Å². The van der Waals surface area contributed by atoms with Crippen molar-refractivity contribution in [2.75, 3.05) is 18.2 Å². The molecule has 1 aliphatic rings. The van der Waals surface area contributed by atoms with E-state index in [0.717, 1.165) is 21.7 Å². The highest BCUT2D eigenvalue weighted by molar-refractivity contribution is 9.10. The zero-order chi connectivity index (χ0) is 14.7. The number of anilines is 1. The Labute approximate surface area is 138 Å². The molecule has 0 fully saturated rings. The Kier molecular flexibility index (Phi) is 4.88. The number of halogens is 1. The molecule has 2 nitrogen and oxygen atoms in total. The lowest BCUT2D eigenvalue weighted by atomic mass is 10.0. The maximum Gasteiger partial charge on any atom is 0.0744 e. The molecule has 0 aromatic heterocycles. The monoisotopic (exact) mass is 363 g/mol. The summed E-state index contributed by atoms with van der Waals surface area (Å²) in [5.74, 6) is 2.20. The number of hydrogen-bond acceptors (Lipinski definition) is 3. The maximum absolute atomic E-state index is 5.33. The van der Waals surface area contributed by atoms with Gasteiger partial charge in [0.2, 0.25) is 0 Å². The van der Waals surface area contributed by atoms with Gasteiger partial charge in [0.25, 0.3) is 0 Å². The van der Waals surface area contributed by atoms with E-state index >= 15 is 0 Å². The molecule has 1 heterocycles. The number of methoxy groups -OCH3 is 1. The summed E-state index contributed by atoms with van der Waals surface area (Å²) in [6.07, 6.45) is 0. The van der Waals surface area contributed by atoms with E-state index in [1.54, 1.807) is 7.11 Å². The zero-order valence-corrected chi connectivity index (χ0v) is 14.3. The van der Waals surface area contributed by atoms with Crippen LogP contribution in [0.1, 0.15) is 22.7 Å². The van der Waals surface area contributed by atoms with E-state index in [0.29, 0.717) is 12.6 Å². The predicted molar refractivity (Wildman–Crippen MR) is 93.8 cm³/mol. The van der Waals surface area contributed by atoms with Gasteiger partial charge in [-0.15, -0.1) is 0 Å². The van der Waals surface area contributed by atoms with Crippen LogP contribution in [0.15, 0.2) is 46.9 Å². The van der Waals surface area contributed by atoms with Gasteiger partial charge in [-0.2, -0.15) is 11.8 Å². The Hall–Kier alpha value is -0.970. The lowest BCUT2D eigenvalue weighted by Gasteiger charge is -2.28. The minimum Gasteiger partial charge on any atom is -0.380 e. The van der Waals surface area contributed by atoms with E-state index in [1.807, 2.05) is 11.8 Å². The van der Waals surface area contributed by atoms with E-state index in [4.69, 9.17) is 4.74 Å². The highest BCUT2D eigenvalue weighted by Gasteiger charge is 2.21. The van der Waals surface area contributed by atoms with Crippen LogP contribution in [0.5, 0.6) is 0 Å². The third-order valence-electron chi connectivity index (χ3n) is 3.71. The Balaban J connectivity index is 1.90. The number of nitrogens with one attached hydrogen (secondary N) is 1. The Bertz CT molecular complexity index is 632. The molecule has 4 heteroatoms. The molecule has 110 valence electrons.